The van der Waals surface area contributed by atoms with Crippen molar-refractivity contribution in [1.29, 1.82) is 0 Å². The van der Waals surface area contributed by atoms with Crippen molar-refractivity contribution in [2.75, 3.05) is 26.4 Å². The first kappa shape index (κ1) is 50.5. The van der Waals surface area contributed by atoms with E-state index in [2.05, 4.69) is 44.2 Å². The summed E-state index contributed by atoms with van der Waals surface area (Å²) < 4.78 is 33.0. The highest BCUT2D eigenvalue weighted by Gasteiger charge is 2.25. The van der Waals surface area contributed by atoms with Gasteiger partial charge < -0.3 is 25.2 Å². The third-order valence-electron chi connectivity index (χ3n) is 7.98. The van der Waals surface area contributed by atoms with Crippen LogP contribution in [0, 0.1) is 0 Å². The van der Waals surface area contributed by atoms with Gasteiger partial charge in [0.1, 0.15) is 6.61 Å². The van der Waals surface area contributed by atoms with Crippen molar-refractivity contribution in [1.82, 2.24) is 0 Å². The zero-order valence-corrected chi connectivity index (χ0v) is 34.0. The van der Waals surface area contributed by atoms with Crippen LogP contribution in [-0.2, 0) is 27.9 Å². The number of phosphoric ester groups is 1. The Labute approximate surface area is 322 Å². The first-order chi connectivity index (χ1) is 25.8. The fourth-order valence-electron chi connectivity index (χ4n) is 5.01. The molecule has 0 aromatic heterocycles. The standard InChI is InChI=1S/C43H74NO8P/c1-3-5-7-8-9-10-11-12-16-19-22-25-28-32-37-49-39-42(40-51-53(47,48)50-38-36-44)52-43(46)35-31-27-24-21-18-15-13-14-17-20-23-26-30-34-41(45)33-29-6-4-2/h6,14-15,17-18,23-24,26-27,29-30,32,34,37,41-42,45H,3-5,7-13,16,19-22,25,28,31,33,35-36,38-40,44H2,1-2H3,(H,47,48). The molecule has 0 heterocycles. The van der Waals surface area contributed by atoms with E-state index in [1.54, 1.807) is 12.3 Å². The number of aliphatic hydroxyl groups is 1. The molecule has 0 spiro atoms. The molecule has 0 aromatic carbocycles. The number of esters is 1. The molecule has 53 heavy (non-hydrogen) atoms. The highest BCUT2D eigenvalue weighted by Crippen LogP contribution is 2.43. The quantitative estimate of drug-likeness (QED) is 0.0141. The lowest BCUT2D eigenvalue weighted by Gasteiger charge is -2.19. The Balaban J connectivity index is 4.32. The number of aliphatic hydroxyl groups excluding tert-OH is 1. The minimum atomic E-state index is -4.32. The molecule has 0 aliphatic heterocycles. The molecule has 0 bridgehead atoms. The van der Waals surface area contributed by atoms with Crippen LogP contribution in [0.15, 0.2) is 85.3 Å². The maximum atomic E-state index is 12.5. The van der Waals surface area contributed by atoms with E-state index in [-0.39, 0.29) is 32.8 Å². The second-order valence-electron chi connectivity index (χ2n) is 13.0. The molecule has 0 saturated heterocycles. The van der Waals surface area contributed by atoms with Crippen molar-refractivity contribution in [2.24, 2.45) is 5.73 Å². The van der Waals surface area contributed by atoms with Crippen LogP contribution in [0.25, 0.3) is 0 Å². The normalized spacial score (nSPS) is 15.0. The molecular weight excluding hydrogens is 689 g/mol. The Morgan fingerprint density at radius 2 is 1.30 bits per heavy atom. The van der Waals surface area contributed by atoms with Crippen LogP contribution < -0.4 is 5.73 Å². The molecule has 304 valence electrons. The lowest BCUT2D eigenvalue weighted by molar-refractivity contribution is -0.153. The maximum absolute atomic E-state index is 12.5. The smallest absolute Gasteiger partial charge is 0.472 e. The van der Waals surface area contributed by atoms with Crippen molar-refractivity contribution in [2.45, 2.75) is 154 Å². The molecular formula is C43H74NO8P. The second-order valence-corrected chi connectivity index (χ2v) is 14.5. The predicted molar refractivity (Wildman–Crippen MR) is 220 cm³/mol. The van der Waals surface area contributed by atoms with Gasteiger partial charge in [-0.3, -0.25) is 13.8 Å². The van der Waals surface area contributed by atoms with Gasteiger partial charge in [-0.15, -0.1) is 0 Å². The van der Waals surface area contributed by atoms with Gasteiger partial charge in [-0.25, -0.2) is 4.57 Å². The number of hydrogen-bond acceptors (Lipinski definition) is 8. The Bertz CT molecular complexity index is 1100. The fraction of sp³-hybridized carbons (Fsp3) is 0.651. The molecule has 0 radical (unpaired) electrons. The van der Waals surface area contributed by atoms with E-state index in [9.17, 15) is 19.4 Å². The van der Waals surface area contributed by atoms with Gasteiger partial charge >= 0.3 is 13.8 Å². The van der Waals surface area contributed by atoms with E-state index in [1.165, 1.54) is 70.6 Å². The molecule has 4 N–H and O–H groups in total. The highest BCUT2D eigenvalue weighted by atomic mass is 31.2. The Kier molecular flexibility index (Phi) is 37.3. The number of hydrogen-bond donors (Lipinski definition) is 3. The van der Waals surface area contributed by atoms with Crippen molar-refractivity contribution in [3.8, 4) is 0 Å². The fourth-order valence-corrected chi connectivity index (χ4v) is 5.78. The van der Waals surface area contributed by atoms with E-state index in [0.717, 1.165) is 38.5 Å². The summed E-state index contributed by atoms with van der Waals surface area (Å²) >= 11 is 0. The van der Waals surface area contributed by atoms with Crippen LogP contribution in [0.5, 0.6) is 0 Å². The van der Waals surface area contributed by atoms with E-state index in [0.29, 0.717) is 12.8 Å². The van der Waals surface area contributed by atoms with Gasteiger partial charge in [-0.05, 0) is 57.4 Å². The largest absolute Gasteiger partial charge is 0.498 e. The van der Waals surface area contributed by atoms with Crippen molar-refractivity contribution >= 4 is 13.8 Å². The number of carbonyl (C=O) groups is 1. The summed E-state index contributed by atoms with van der Waals surface area (Å²) in [5, 5.41) is 9.83. The average molecular weight is 764 g/mol. The average Bonchev–Trinajstić information content (AvgIpc) is 3.14. The zero-order chi connectivity index (χ0) is 38.9. The Morgan fingerprint density at radius 3 is 1.92 bits per heavy atom. The predicted octanol–water partition coefficient (Wildman–Crippen LogP) is 11.1. The van der Waals surface area contributed by atoms with E-state index >= 15 is 0 Å². The van der Waals surface area contributed by atoms with Gasteiger partial charge in [0.05, 0.1) is 25.6 Å². The number of allylic oxidation sites excluding steroid dienone is 11. The van der Waals surface area contributed by atoms with Gasteiger partial charge in [-0.2, -0.15) is 0 Å². The number of rotatable bonds is 37. The first-order valence-electron chi connectivity index (χ1n) is 20.2. The summed E-state index contributed by atoms with van der Waals surface area (Å²) in [6, 6.07) is 0. The molecule has 0 fully saturated rings. The summed E-state index contributed by atoms with van der Waals surface area (Å²) in [4.78, 5) is 22.4. The summed E-state index contributed by atoms with van der Waals surface area (Å²) in [6.07, 6.45) is 47.5. The number of carbonyl (C=O) groups excluding carboxylic acids is 1. The maximum Gasteiger partial charge on any atom is 0.472 e. The van der Waals surface area contributed by atoms with Crippen LogP contribution in [0.3, 0.4) is 0 Å². The van der Waals surface area contributed by atoms with Gasteiger partial charge in [0.15, 0.2) is 6.10 Å². The van der Waals surface area contributed by atoms with Crippen LogP contribution in [-0.4, -0.2) is 54.5 Å². The van der Waals surface area contributed by atoms with Crippen molar-refractivity contribution in [3.05, 3.63) is 85.3 Å². The number of ether oxygens (including phenoxy) is 2. The number of unbranched alkanes of at least 4 members (excludes halogenated alkanes) is 12. The molecule has 0 aromatic rings. The van der Waals surface area contributed by atoms with Crippen LogP contribution in [0.4, 0.5) is 0 Å². The lowest BCUT2D eigenvalue weighted by Crippen LogP contribution is -2.27. The highest BCUT2D eigenvalue weighted by molar-refractivity contribution is 7.47. The summed E-state index contributed by atoms with van der Waals surface area (Å²) in [5.41, 5.74) is 5.34. The Morgan fingerprint density at radius 1 is 0.698 bits per heavy atom. The van der Waals surface area contributed by atoms with Gasteiger partial charge in [0.2, 0.25) is 0 Å². The SMILES string of the molecule is CCC=CCC(O)C=CC=CCC=CCC=CCC=CCCC(=O)OC(COC=CCCCCCCCCCCCCCC)COP(=O)(O)OCCN. The third kappa shape index (κ3) is 39.0. The molecule has 3 unspecified atom stereocenters. The van der Waals surface area contributed by atoms with E-state index < -0.39 is 26.0 Å². The molecule has 3 atom stereocenters. The van der Waals surface area contributed by atoms with Crippen LogP contribution in [0.1, 0.15) is 142 Å². The minimum absolute atomic E-state index is 0.0126. The lowest BCUT2D eigenvalue weighted by atomic mass is 10.0. The van der Waals surface area contributed by atoms with Gasteiger partial charge in [0.25, 0.3) is 0 Å². The molecule has 0 aliphatic rings. The molecule has 0 amide bonds. The zero-order valence-electron chi connectivity index (χ0n) is 33.1. The summed E-state index contributed by atoms with van der Waals surface area (Å²) in [5.74, 6) is -0.450. The first-order valence-corrected chi connectivity index (χ1v) is 21.7. The Hall–Kier alpha value is -2.52. The van der Waals surface area contributed by atoms with E-state index in [4.69, 9.17) is 24.3 Å². The third-order valence-corrected chi connectivity index (χ3v) is 8.97. The van der Waals surface area contributed by atoms with Crippen LogP contribution in [0.2, 0.25) is 0 Å². The van der Waals surface area contributed by atoms with Gasteiger partial charge in [0, 0.05) is 13.0 Å². The number of phosphoric acid groups is 1. The van der Waals surface area contributed by atoms with Crippen LogP contribution >= 0.6 is 7.82 Å². The van der Waals surface area contributed by atoms with Crippen molar-refractivity contribution < 1.29 is 37.9 Å². The van der Waals surface area contributed by atoms with Crippen molar-refractivity contribution in [3.63, 3.8) is 0 Å². The topological polar surface area (TPSA) is 138 Å². The number of nitrogens with two attached hydrogens (primary N) is 1. The second kappa shape index (κ2) is 39.2. The monoisotopic (exact) mass is 764 g/mol. The molecule has 9 nitrogen and oxygen atoms in total. The molecule has 10 heteroatoms. The molecule has 0 aliphatic carbocycles. The minimum Gasteiger partial charge on any atom is -0.498 e. The molecule has 0 rings (SSSR count). The summed E-state index contributed by atoms with van der Waals surface area (Å²) in [6.45, 7) is 3.91. The summed E-state index contributed by atoms with van der Waals surface area (Å²) in [7, 11) is -4.32. The van der Waals surface area contributed by atoms with E-state index in [1.807, 2.05) is 42.5 Å². The molecule has 0 saturated carbocycles. The van der Waals surface area contributed by atoms with Gasteiger partial charge in [-0.1, -0.05) is 157 Å².